The second-order valence-corrected chi connectivity index (χ2v) is 25.8. The van der Waals surface area contributed by atoms with Crippen LogP contribution in [-0.4, -0.2) is 178 Å². The SMILES string of the molecule is CNC(=O)c1ccc(-c2nccnc2C2CN(c3ncc4ccccc4n3)C2)cc1F.CNC(=O)c1ccc(-c2nccnc2C2CN(c3ncc4ccccc4n3)C2)cc1F.CNC(=O)c1ccc(B(O)O)cc1F.Cl.Clc1nccnc1C1CN(c2ncc3ccccc3n2)C1.Clc1nccnc1C1CNC1. The van der Waals surface area contributed by atoms with Crippen LogP contribution in [-0.2, 0) is 0 Å². The number of rotatable bonds is 13. The van der Waals surface area contributed by atoms with Crippen LogP contribution in [0.2, 0.25) is 10.3 Å². The minimum atomic E-state index is -1.73. The summed E-state index contributed by atoms with van der Waals surface area (Å²) < 4.78 is 42.1. The molecule has 3 amide bonds. The van der Waals surface area contributed by atoms with Gasteiger partial charge in [-0.05, 0) is 60.1 Å². The van der Waals surface area contributed by atoms with Crippen LogP contribution in [0.15, 0.2) is 196 Å². The quantitative estimate of drug-likeness (QED) is 0.0586. The number of nitrogens with one attached hydrogen (secondary N) is 4. The van der Waals surface area contributed by atoms with Gasteiger partial charge in [-0.2, -0.15) is 0 Å². The number of nitrogens with zero attached hydrogens (tertiary/aromatic N) is 17. The largest absolute Gasteiger partial charge is 0.488 e. The lowest BCUT2D eigenvalue weighted by molar-refractivity contribution is 0.0950. The summed E-state index contributed by atoms with van der Waals surface area (Å²) in [6, 6.07) is 36.1. The van der Waals surface area contributed by atoms with E-state index in [9.17, 15) is 27.6 Å². The Kier molecular flexibility index (Phi) is 24.8. The molecule has 0 unspecified atom stereocenters. The first-order valence-electron chi connectivity index (χ1n) is 34.1. The van der Waals surface area contributed by atoms with E-state index in [1.807, 2.05) is 91.4 Å². The highest BCUT2D eigenvalue weighted by Crippen LogP contribution is 2.38. The van der Waals surface area contributed by atoms with Gasteiger partial charge in [0, 0.05) is 193 Å². The minimum Gasteiger partial charge on any atom is -0.423 e. The van der Waals surface area contributed by atoms with Gasteiger partial charge in [0.15, 0.2) is 10.3 Å². The molecule has 0 radical (unpaired) electrons. The van der Waals surface area contributed by atoms with Crippen molar-refractivity contribution >= 4 is 116 Å². The summed E-state index contributed by atoms with van der Waals surface area (Å²) in [5.74, 6) is -0.314. The van der Waals surface area contributed by atoms with E-state index in [-0.39, 0.29) is 46.4 Å². The van der Waals surface area contributed by atoms with Crippen molar-refractivity contribution in [3.8, 4) is 22.5 Å². The van der Waals surface area contributed by atoms with Crippen LogP contribution in [0, 0.1) is 17.5 Å². The Bertz CT molecular complexity index is 5240. The first-order chi connectivity index (χ1) is 52.5. The maximum Gasteiger partial charge on any atom is 0.488 e. The van der Waals surface area contributed by atoms with E-state index in [0.29, 0.717) is 82.7 Å². The number of aromatic nitrogens is 14. The molecular formula is C76H68BCl3F3N21O5. The smallest absolute Gasteiger partial charge is 0.423 e. The van der Waals surface area contributed by atoms with Gasteiger partial charge in [0.05, 0.1) is 67.4 Å². The monoisotopic (exact) mass is 1530 g/mol. The maximum absolute atomic E-state index is 14.5. The van der Waals surface area contributed by atoms with E-state index in [2.05, 4.69) is 106 Å². The maximum atomic E-state index is 14.5. The van der Waals surface area contributed by atoms with Crippen molar-refractivity contribution in [3.63, 3.8) is 0 Å². The standard InChI is InChI=1S/2C23H19FN6O.C15H12ClN5.C8H9BFNO3.C7H8ClN3.ClH/c2*1-25-22(31)17-7-6-14(10-18(17)24)20-21(27-9-8-26-20)16-12-30(13-16)23-28-11-15-4-2-3-5-19(15)29-23;16-14-13(17-5-6-18-14)11-8-21(9-11)15-19-7-10-3-1-2-4-12(10)20-15;1-11-8(12)6-3-2-5(9(13)14)4-7(6)10;8-7-6(5-3-9-4-5)10-1-2-11-7;/h2*2-11,16H,12-13H2,1H3,(H,25,31);1-7,11H,8-9H2;2-4,13-14H,1H3,(H,11,12);1-2,5,9H,3-4H2;1H. The van der Waals surface area contributed by atoms with Crippen LogP contribution in [0.4, 0.5) is 31.0 Å². The second-order valence-electron chi connectivity index (χ2n) is 25.1. The summed E-state index contributed by atoms with van der Waals surface area (Å²) in [6.45, 7) is 6.36. The lowest BCUT2D eigenvalue weighted by Crippen LogP contribution is -2.46. The van der Waals surface area contributed by atoms with Crippen LogP contribution in [0.25, 0.3) is 55.2 Å². The van der Waals surface area contributed by atoms with Crippen molar-refractivity contribution in [3.05, 3.63) is 263 Å². The first kappa shape index (κ1) is 76.7. The number of hydrogen-bond acceptors (Lipinski definition) is 23. The Hall–Kier alpha value is -11.9. The first-order valence-corrected chi connectivity index (χ1v) is 34.9. The molecule has 0 saturated carbocycles. The predicted molar refractivity (Wildman–Crippen MR) is 412 cm³/mol. The van der Waals surface area contributed by atoms with Gasteiger partial charge in [0.2, 0.25) is 17.8 Å². The van der Waals surface area contributed by atoms with Gasteiger partial charge < -0.3 is 46.0 Å². The molecule has 4 aliphatic rings. The van der Waals surface area contributed by atoms with Crippen molar-refractivity contribution in [1.82, 2.24) is 91.0 Å². The fourth-order valence-electron chi connectivity index (χ4n) is 12.2. The number of hydrogen-bond donors (Lipinski definition) is 6. The van der Waals surface area contributed by atoms with Crippen molar-refractivity contribution in [2.75, 3.05) is 88.2 Å². The van der Waals surface area contributed by atoms with Crippen LogP contribution in [0.3, 0.4) is 0 Å². The Labute approximate surface area is 638 Å². The molecular weight excluding hydrogens is 1460 g/mol. The zero-order valence-electron chi connectivity index (χ0n) is 58.5. The molecule has 17 rings (SSSR count). The topological polar surface area (TPSA) is 330 Å². The number of fused-ring (bicyclic) bond motifs is 3. The third kappa shape index (κ3) is 17.7. The summed E-state index contributed by atoms with van der Waals surface area (Å²) in [5, 5.41) is 31.8. The van der Waals surface area contributed by atoms with Crippen LogP contribution in [0.1, 0.15) is 77.5 Å². The lowest BCUT2D eigenvalue weighted by Gasteiger charge is -2.39. The molecule has 0 spiro atoms. The molecule has 4 saturated heterocycles. The Morgan fingerprint density at radius 2 is 0.743 bits per heavy atom. The van der Waals surface area contributed by atoms with Gasteiger partial charge in [-0.3, -0.25) is 44.3 Å². The molecule has 7 aromatic heterocycles. The summed E-state index contributed by atoms with van der Waals surface area (Å²) in [7, 11) is 2.59. The fourth-order valence-corrected chi connectivity index (χ4v) is 12.7. The van der Waals surface area contributed by atoms with Gasteiger partial charge in [0.25, 0.3) is 17.7 Å². The molecule has 26 nitrogen and oxygen atoms in total. The molecule has 0 bridgehead atoms. The molecule has 4 aliphatic heterocycles. The molecule has 0 atom stereocenters. The van der Waals surface area contributed by atoms with E-state index < -0.39 is 42.3 Å². The number of amides is 3. The van der Waals surface area contributed by atoms with E-state index in [1.54, 1.807) is 61.7 Å². The van der Waals surface area contributed by atoms with Crippen LogP contribution < -0.4 is 41.4 Å². The molecule has 6 N–H and O–H groups in total. The third-order valence-electron chi connectivity index (χ3n) is 18.3. The molecule has 11 heterocycles. The predicted octanol–water partition coefficient (Wildman–Crippen LogP) is 9.16. The third-order valence-corrected chi connectivity index (χ3v) is 18.8. The molecule has 4 fully saturated rings. The molecule has 33 heteroatoms. The normalized spacial score (nSPS) is 13.8. The zero-order valence-corrected chi connectivity index (χ0v) is 60.9. The van der Waals surface area contributed by atoms with Crippen LogP contribution in [0.5, 0.6) is 0 Å². The number of halogens is 6. The summed E-state index contributed by atoms with van der Waals surface area (Å²) in [5.41, 5.74) is 8.45. The average molecular weight is 1530 g/mol. The van der Waals surface area contributed by atoms with Gasteiger partial charge >= 0.3 is 7.12 Å². The summed E-state index contributed by atoms with van der Waals surface area (Å²) in [6.07, 6.45) is 18.6. The Morgan fingerprint density at radius 3 is 1.07 bits per heavy atom. The highest BCUT2D eigenvalue weighted by Gasteiger charge is 2.36. The van der Waals surface area contributed by atoms with Crippen molar-refractivity contribution in [1.29, 1.82) is 0 Å². The van der Waals surface area contributed by atoms with Crippen molar-refractivity contribution in [2.24, 2.45) is 0 Å². The van der Waals surface area contributed by atoms with E-state index in [4.69, 9.17) is 33.2 Å². The average Bonchev–Trinajstić information content (AvgIpc) is 0.776. The number of anilines is 3. The molecule has 13 aromatic rings. The second kappa shape index (κ2) is 35.2. The zero-order chi connectivity index (χ0) is 75.4. The van der Waals surface area contributed by atoms with E-state index >= 15 is 0 Å². The van der Waals surface area contributed by atoms with Crippen LogP contribution >= 0.6 is 35.6 Å². The van der Waals surface area contributed by atoms with E-state index in [0.717, 1.165) is 93.7 Å². The number of carbonyl (C=O) groups is 3. The summed E-state index contributed by atoms with van der Waals surface area (Å²) >= 11 is 11.9. The Morgan fingerprint density at radius 1 is 0.422 bits per heavy atom. The minimum absolute atomic E-state index is 0. The number of carbonyl (C=O) groups excluding carboxylic acids is 3. The number of benzene rings is 6. The van der Waals surface area contributed by atoms with Crippen molar-refractivity contribution < 1.29 is 37.6 Å². The fraction of sp³-hybridized carbons (Fsp3) is 0.197. The summed E-state index contributed by atoms with van der Waals surface area (Å²) in [4.78, 5) is 103. The van der Waals surface area contributed by atoms with Crippen molar-refractivity contribution in [2.45, 2.75) is 23.7 Å². The Balaban J connectivity index is 0.000000133. The van der Waals surface area contributed by atoms with Gasteiger partial charge in [-0.1, -0.05) is 96.0 Å². The number of para-hydroxylation sites is 3. The lowest BCUT2D eigenvalue weighted by atomic mass is 9.80. The van der Waals surface area contributed by atoms with E-state index in [1.165, 1.54) is 57.5 Å². The highest BCUT2D eigenvalue weighted by molar-refractivity contribution is 6.58. The van der Waals surface area contributed by atoms with Gasteiger partial charge in [-0.25, -0.2) is 53.0 Å². The van der Waals surface area contributed by atoms with Gasteiger partial charge in [-0.15, -0.1) is 12.4 Å². The molecule has 6 aromatic carbocycles. The van der Waals surface area contributed by atoms with Gasteiger partial charge in [0.1, 0.15) is 17.5 Å². The molecule has 552 valence electrons. The molecule has 109 heavy (non-hydrogen) atoms. The highest BCUT2D eigenvalue weighted by atomic mass is 35.5. The molecule has 0 aliphatic carbocycles.